The third kappa shape index (κ3) is 3.49. The molecule has 0 aliphatic carbocycles. The Morgan fingerprint density at radius 2 is 1.68 bits per heavy atom. The SMILES string of the molecule is Cc1cc(OCC(N)c2ccccc2)cc(C)c1Cl. The first kappa shape index (κ1) is 13.9. The zero-order valence-electron chi connectivity index (χ0n) is 11.2. The van der Waals surface area contributed by atoms with Crippen LogP contribution in [0.3, 0.4) is 0 Å². The molecule has 2 aromatic rings. The van der Waals surface area contributed by atoms with Gasteiger partial charge in [-0.2, -0.15) is 0 Å². The van der Waals surface area contributed by atoms with Crippen LogP contribution in [-0.2, 0) is 0 Å². The van der Waals surface area contributed by atoms with E-state index in [0.29, 0.717) is 6.61 Å². The summed E-state index contributed by atoms with van der Waals surface area (Å²) in [5.41, 5.74) is 9.21. The van der Waals surface area contributed by atoms with Gasteiger partial charge in [0.05, 0.1) is 6.04 Å². The van der Waals surface area contributed by atoms with Gasteiger partial charge in [0.1, 0.15) is 12.4 Å². The second kappa shape index (κ2) is 6.09. The molecule has 0 aromatic heterocycles. The van der Waals surface area contributed by atoms with Crippen LogP contribution in [0.4, 0.5) is 0 Å². The van der Waals surface area contributed by atoms with Crippen molar-refractivity contribution in [1.29, 1.82) is 0 Å². The van der Waals surface area contributed by atoms with Crippen molar-refractivity contribution in [2.75, 3.05) is 6.61 Å². The lowest BCUT2D eigenvalue weighted by molar-refractivity contribution is 0.290. The highest BCUT2D eigenvalue weighted by Gasteiger charge is 2.08. The van der Waals surface area contributed by atoms with Crippen LogP contribution in [0.1, 0.15) is 22.7 Å². The molecule has 0 aliphatic heterocycles. The van der Waals surface area contributed by atoms with E-state index >= 15 is 0 Å². The van der Waals surface area contributed by atoms with E-state index in [-0.39, 0.29) is 6.04 Å². The summed E-state index contributed by atoms with van der Waals surface area (Å²) in [6.07, 6.45) is 0. The molecular weight excluding hydrogens is 258 g/mol. The molecule has 0 radical (unpaired) electrons. The van der Waals surface area contributed by atoms with Crippen molar-refractivity contribution in [3.05, 3.63) is 64.2 Å². The summed E-state index contributed by atoms with van der Waals surface area (Å²) < 4.78 is 5.76. The van der Waals surface area contributed by atoms with Gasteiger partial charge in [-0.3, -0.25) is 0 Å². The maximum Gasteiger partial charge on any atom is 0.120 e. The molecule has 0 bridgehead atoms. The quantitative estimate of drug-likeness (QED) is 0.914. The van der Waals surface area contributed by atoms with E-state index < -0.39 is 0 Å². The van der Waals surface area contributed by atoms with E-state index in [9.17, 15) is 0 Å². The van der Waals surface area contributed by atoms with Crippen LogP contribution < -0.4 is 10.5 Å². The smallest absolute Gasteiger partial charge is 0.120 e. The van der Waals surface area contributed by atoms with E-state index in [0.717, 1.165) is 27.5 Å². The number of nitrogens with two attached hydrogens (primary N) is 1. The monoisotopic (exact) mass is 275 g/mol. The van der Waals surface area contributed by atoms with E-state index in [4.69, 9.17) is 22.1 Å². The predicted octanol–water partition coefficient (Wildman–Crippen LogP) is 4.04. The van der Waals surface area contributed by atoms with Crippen molar-refractivity contribution in [3.8, 4) is 5.75 Å². The highest BCUT2D eigenvalue weighted by Crippen LogP contribution is 2.26. The maximum atomic E-state index is 6.13. The van der Waals surface area contributed by atoms with E-state index in [1.54, 1.807) is 0 Å². The summed E-state index contributed by atoms with van der Waals surface area (Å²) in [7, 11) is 0. The van der Waals surface area contributed by atoms with Gasteiger partial charge >= 0.3 is 0 Å². The lowest BCUT2D eigenvalue weighted by Crippen LogP contribution is -2.18. The van der Waals surface area contributed by atoms with Gasteiger partial charge in [0, 0.05) is 5.02 Å². The van der Waals surface area contributed by atoms with Gasteiger partial charge in [-0.15, -0.1) is 0 Å². The lowest BCUT2D eigenvalue weighted by atomic mass is 10.1. The van der Waals surface area contributed by atoms with Crippen molar-refractivity contribution >= 4 is 11.6 Å². The number of benzene rings is 2. The Kier molecular flexibility index (Phi) is 4.46. The van der Waals surface area contributed by atoms with Crippen LogP contribution in [0.15, 0.2) is 42.5 Å². The molecule has 100 valence electrons. The molecule has 2 nitrogen and oxygen atoms in total. The Bertz CT molecular complexity index is 531. The molecule has 0 amide bonds. The van der Waals surface area contributed by atoms with Crippen molar-refractivity contribution in [1.82, 2.24) is 0 Å². The molecule has 0 spiro atoms. The fourth-order valence-electron chi connectivity index (χ4n) is 1.97. The molecule has 0 saturated carbocycles. The molecule has 1 atom stereocenters. The third-order valence-electron chi connectivity index (χ3n) is 3.07. The Morgan fingerprint density at radius 3 is 2.26 bits per heavy atom. The molecule has 19 heavy (non-hydrogen) atoms. The Balaban J connectivity index is 2.03. The number of halogens is 1. The van der Waals surface area contributed by atoms with E-state index in [1.165, 1.54) is 0 Å². The Morgan fingerprint density at radius 1 is 1.11 bits per heavy atom. The zero-order chi connectivity index (χ0) is 13.8. The minimum absolute atomic E-state index is 0.127. The standard InChI is InChI=1S/C16H18ClNO/c1-11-8-14(9-12(2)16(11)17)19-10-15(18)13-6-4-3-5-7-13/h3-9,15H,10,18H2,1-2H3. The Labute approximate surface area is 119 Å². The molecule has 0 fully saturated rings. The minimum atomic E-state index is -0.127. The van der Waals surface area contributed by atoms with Gasteiger partial charge in [0.2, 0.25) is 0 Å². The summed E-state index contributed by atoms with van der Waals surface area (Å²) in [6.45, 7) is 4.39. The highest BCUT2D eigenvalue weighted by molar-refractivity contribution is 6.32. The second-order valence-corrected chi connectivity index (χ2v) is 5.08. The first-order valence-corrected chi connectivity index (χ1v) is 6.66. The first-order chi connectivity index (χ1) is 9.08. The maximum absolute atomic E-state index is 6.13. The largest absolute Gasteiger partial charge is 0.492 e. The first-order valence-electron chi connectivity index (χ1n) is 6.28. The Hall–Kier alpha value is -1.51. The van der Waals surface area contributed by atoms with Crippen LogP contribution in [0.2, 0.25) is 5.02 Å². The van der Waals surface area contributed by atoms with Gasteiger partial charge in [0.25, 0.3) is 0 Å². The molecule has 2 aromatic carbocycles. The molecule has 2 N–H and O–H groups in total. The summed E-state index contributed by atoms with van der Waals surface area (Å²) in [5, 5.41) is 0.791. The van der Waals surface area contributed by atoms with E-state index in [1.807, 2.05) is 56.3 Å². The summed E-state index contributed by atoms with van der Waals surface area (Å²) in [4.78, 5) is 0. The van der Waals surface area contributed by atoms with Crippen LogP contribution in [-0.4, -0.2) is 6.61 Å². The van der Waals surface area contributed by atoms with Crippen molar-refractivity contribution < 1.29 is 4.74 Å². The minimum Gasteiger partial charge on any atom is -0.492 e. The van der Waals surface area contributed by atoms with Gasteiger partial charge in [-0.1, -0.05) is 41.9 Å². The third-order valence-corrected chi connectivity index (χ3v) is 3.66. The molecular formula is C16H18ClNO. The predicted molar refractivity (Wildman–Crippen MR) is 79.8 cm³/mol. The fourth-order valence-corrected chi connectivity index (χ4v) is 2.08. The number of rotatable bonds is 4. The van der Waals surface area contributed by atoms with E-state index in [2.05, 4.69) is 0 Å². The lowest BCUT2D eigenvalue weighted by Gasteiger charge is -2.15. The van der Waals surface area contributed by atoms with Crippen molar-refractivity contribution in [2.45, 2.75) is 19.9 Å². The molecule has 2 rings (SSSR count). The van der Waals surface area contributed by atoms with Gasteiger partial charge in [0.15, 0.2) is 0 Å². The molecule has 3 heteroatoms. The van der Waals surface area contributed by atoms with Crippen molar-refractivity contribution in [2.24, 2.45) is 5.73 Å². The number of hydrogen-bond acceptors (Lipinski definition) is 2. The number of hydrogen-bond donors (Lipinski definition) is 1. The summed E-state index contributed by atoms with van der Waals surface area (Å²) >= 11 is 6.13. The van der Waals surface area contributed by atoms with Crippen LogP contribution in [0.25, 0.3) is 0 Å². The van der Waals surface area contributed by atoms with Crippen LogP contribution >= 0.6 is 11.6 Å². The normalized spacial score (nSPS) is 12.2. The van der Waals surface area contributed by atoms with Crippen molar-refractivity contribution in [3.63, 3.8) is 0 Å². The molecule has 0 heterocycles. The topological polar surface area (TPSA) is 35.2 Å². The zero-order valence-corrected chi connectivity index (χ0v) is 11.9. The molecule has 0 saturated heterocycles. The van der Waals surface area contributed by atoms with Gasteiger partial charge < -0.3 is 10.5 Å². The van der Waals surface area contributed by atoms with Gasteiger partial charge in [-0.25, -0.2) is 0 Å². The van der Waals surface area contributed by atoms with Crippen LogP contribution in [0, 0.1) is 13.8 Å². The average Bonchev–Trinajstić information content (AvgIpc) is 2.43. The second-order valence-electron chi connectivity index (χ2n) is 4.70. The fraction of sp³-hybridized carbons (Fsp3) is 0.250. The summed E-state index contributed by atoms with van der Waals surface area (Å²) in [6, 6.07) is 13.7. The summed E-state index contributed by atoms with van der Waals surface area (Å²) in [5.74, 6) is 0.811. The van der Waals surface area contributed by atoms with Gasteiger partial charge in [-0.05, 0) is 42.7 Å². The molecule has 1 unspecified atom stereocenters. The molecule has 0 aliphatic rings. The average molecular weight is 276 g/mol. The van der Waals surface area contributed by atoms with Crippen LogP contribution in [0.5, 0.6) is 5.75 Å². The number of aryl methyl sites for hydroxylation is 2. The highest BCUT2D eigenvalue weighted by atomic mass is 35.5. The number of ether oxygens (including phenoxy) is 1.